The van der Waals surface area contributed by atoms with E-state index in [1.54, 1.807) is 19.1 Å². The van der Waals surface area contributed by atoms with Crippen LogP contribution in [0.15, 0.2) is 37.1 Å². The summed E-state index contributed by atoms with van der Waals surface area (Å²) in [6, 6.07) is 3.11. The Morgan fingerprint density at radius 2 is 2.14 bits per heavy atom. The second kappa shape index (κ2) is 5.01. The van der Waals surface area contributed by atoms with Gasteiger partial charge in [-0.2, -0.15) is 0 Å². The lowest BCUT2D eigenvalue weighted by molar-refractivity contribution is 0.0292. The van der Waals surface area contributed by atoms with Gasteiger partial charge in [-0.1, -0.05) is 0 Å². The van der Waals surface area contributed by atoms with E-state index in [2.05, 4.69) is 11.6 Å². The molecule has 0 spiro atoms. The lowest BCUT2D eigenvalue weighted by Gasteiger charge is -2.06. The number of carbonyl (C=O) groups excluding carboxylic acids is 1. The fraction of sp³-hybridized carbons (Fsp3) is 0.200. The van der Waals surface area contributed by atoms with Crippen LogP contribution >= 0.6 is 0 Å². The monoisotopic (exact) mass is 193 g/mol. The Morgan fingerprint density at radius 1 is 1.50 bits per heavy atom. The number of esters is 1. The van der Waals surface area contributed by atoms with E-state index in [1.807, 2.05) is 0 Å². The minimum atomic E-state index is -0.495. The number of ether oxygens (including phenoxy) is 2. The molecular formula is C10H11NO3. The molecule has 0 bridgehead atoms. The fourth-order valence-corrected chi connectivity index (χ4v) is 0.841. The van der Waals surface area contributed by atoms with Crippen LogP contribution in [-0.2, 0) is 9.47 Å². The molecule has 0 aliphatic heterocycles. The summed E-state index contributed by atoms with van der Waals surface area (Å²) in [5, 5.41) is 0. The molecule has 0 aromatic carbocycles. The van der Waals surface area contributed by atoms with Crippen LogP contribution in [0.4, 0.5) is 0 Å². The lowest BCUT2D eigenvalue weighted by Crippen LogP contribution is -2.06. The predicted octanol–water partition coefficient (Wildman–Crippen LogP) is 1.75. The summed E-state index contributed by atoms with van der Waals surface area (Å²) in [6.45, 7) is 5.63. The van der Waals surface area contributed by atoms with E-state index < -0.39 is 5.97 Å². The summed E-state index contributed by atoms with van der Waals surface area (Å²) in [4.78, 5) is 15.1. The summed E-state index contributed by atoms with van der Waals surface area (Å²) in [5.41, 5.74) is 0.417. The van der Waals surface area contributed by atoms with Crippen LogP contribution in [0.3, 0.4) is 0 Å². The minimum Gasteiger partial charge on any atom is -0.466 e. The molecule has 0 aliphatic carbocycles. The summed E-state index contributed by atoms with van der Waals surface area (Å²) in [7, 11) is 0. The molecule has 0 amide bonds. The standard InChI is InChI=1S/C10H11NO3/c1-3-13-8(2)14-10(12)9-4-6-11-7-5-9/h4-7H,2-3H2,1H3. The second-order valence-electron chi connectivity index (χ2n) is 2.43. The highest BCUT2D eigenvalue weighted by molar-refractivity contribution is 5.89. The highest BCUT2D eigenvalue weighted by atomic mass is 16.7. The largest absolute Gasteiger partial charge is 0.466 e. The molecule has 74 valence electrons. The van der Waals surface area contributed by atoms with Crippen molar-refractivity contribution in [1.82, 2.24) is 4.98 Å². The Kier molecular flexibility index (Phi) is 3.67. The Balaban J connectivity index is 2.55. The third-order valence-electron chi connectivity index (χ3n) is 1.43. The van der Waals surface area contributed by atoms with Crippen LogP contribution < -0.4 is 0 Å². The SMILES string of the molecule is C=C(OCC)OC(=O)c1ccncc1. The Labute approximate surface area is 82.2 Å². The molecule has 0 unspecified atom stereocenters. The Bertz CT molecular complexity index is 321. The number of hydrogen-bond acceptors (Lipinski definition) is 4. The number of aromatic nitrogens is 1. The van der Waals surface area contributed by atoms with E-state index in [0.717, 1.165) is 0 Å². The molecule has 0 aliphatic rings. The zero-order valence-electron chi connectivity index (χ0n) is 7.90. The number of rotatable bonds is 4. The topological polar surface area (TPSA) is 48.4 Å². The van der Waals surface area contributed by atoms with E-state index in [4.69, 9.17) is 9.47 Å². The molecule has 1 aromatic rings. The van der Waals surface area contributed by atoms with E-state index in [9.17, 15) is 4.79 Å². The lowest BCUT2D eigenvalue weighted by atomic mass is 10.3. The fourth-order valence-electron chi connectivity index (χ4n) is 0.841. The Morgan fingerprint density at radius 3 is 2.71 bits per heavy atom. The van der Waals surface area contributed by atoms with Crippen LogP contribution in [0.1, 0.15) is 17.3 Å². The van der Waals surface area contributed by atoms with Gasteiger partial charge in [0.1, 0.15) is 0 Å². The van der Waals surface area contributed by atoms with E-state index >= 15 is 0 Å². The zero-order valence-corrected chi connectivity index (χ0v) is 7.90. The maximum atomic E-state index is 11.3. The molecule has 0 N–H and O–H groups in total. The average molecular weight is 193 g/mol. The van der Waals surface area contributed by atoms with Crippen molar-refractivity contribution in [2.45, 2.75) is 6.92 Å². The molecule has 0 saturated heterocycles. The first-order valence-corrected chi connectivity index (χ1v) is 4.18. The maximum Gasteiger partial charge on any atom is 0.346 e. The van der Waals surface area contributed by atoms with Gasteiger partial charge in [0, 0.05) is 12.4 Å². The van der Waals surface area contributed by atoms with Crippen molar-refractivity contribution < 1.29 is 14.3 Å². The maximum absolute atomic E-state index is 11.3. The third-order valence-corrected chi connectivity index (χ3v) is 1.43. The first kappa shape index (κ1) is 10.2. The number of carbonyl (C=O) groups is 1. The van der Waals surface area contributed by atoms with Crippen molar-refractivity contribution in [3.63, 3.8) is 0 Å². The van der Waals surface area contributed by atoms with Gasteiger partial charge in [-0.05, 0) is 25.6 Å². The van der Waals surface area contributed by atoms with Crippen LogP contribution in [0, 0.1) is 0 Å². The molecule has 1 rings (SSSR count). The van der Waals surface area contributed by atoms with Crippen LogP contribution in [0.25, 0.3) is 0 Å². The molecule has 1 aromatic heterocycles. The van der Waals surface area contributed by atoms with Gasteiger partial charge in [0.25, 0.3) is 5.95 Å². The van der Waals surface area contributed by atoms with Gasteiger partial charge in [-0.25, -0.2) is 4.79 Å². The summed E-state index contributed by atoms with van der Waals surface area (Å²) >= 11 is 0. The van der Waals surface area contributed by atoms with Crippen molar-refractivity contribution >= 4 is 5.97 Å². The zero-order chi connectivity index (χ0) is 10.4. The van der Waals surface area contributed by atoms with E-state index in [1.165, 1.54) is 12.4 Å². The molecule has 0 saturated carbocycles. The van der Waals surface area contributed by atoms with Gasteiger partial charge in [0.05, 0.1) is 12.2 Å². The smallest absolute Gasteiger partial charge is 0.346 e. The Hall–Kier alpha value is -1.84. The van der Waals surface area contributed by atoms with Gasteiger partial charge < -0.3 is 9.47 Å². The van der Waals surface area contributed by atoms with Gasteiger partial charge in [0.2, 0.25) is 0 Å². The molecule has 4 nitrogen and oxygen atoms in total. The van der Waals surface area contributed by atoms with Crippen molar-refractivity contribution in [1.29, 1.82) is 0 Å². The van der Waals surface area contributed by atoms with Crippen molar-refractivity contribution in [2.75, 3.05) is 6.61 Å². The first-order chi connectivity index (χ1) is 6.74. The van der Waals surface area contributed by atoms with Crippen LogP contribution in [0.2, 0.25) is 0 Å². The third kappa shape index (κ3) is 2.90. The van der Waals surface area contributed by atoms with Crippen molar-refractivity contribution in [2.24, 2.45) is 0 Å². The summed E-state index contributed by atoms with van der Waals surface area (Å²) in [5.74, 6) is -0.486. The molecule has 14 heavy (non-hydrogen) atoms. The quantitative estimate of drug-likeness (QED) is 0.540. The molecule has 0 radical (unpaired) electrons. The summed E-state index contributed by atoms with van der Waals surface area (Å²) < 4.78 is 9.67. The molecule has 0 fully saturated rings. The van der Waals surface area contributed by atoms with Gasteiger partial charge >= 0.3 is 5.97 Å². The molecule has 4 heteroatoms. The van der Waals surface area contributed by atoms with Gasteiger partial charge in [-0.3, -0.25) is 4.98 Å². The van der Waals surface area contributed by atoms with E-state index in [0.29, 0.717) is 12.2 Å². The normalized spacial score (nSPS) is 9.21. The minimum absolute atomic E-state index is 0.00862. The average Bonchev–Trinajstić information content (AvgIpc) is 2.19. The number of pyridine rings is 1. The van der Waals surface area contributed by atoms with Crippen molar-refractivity contribution in [3.8, 4) is 0 Å². The van der Waals surface area contributed by atoms with Crippen molar-refractivity contribution in [3.05, 3.63) is 42.6 Å². The molecule has 0 atom stereocenters. The second-order valence-corrected chi connectivity index (χ2v) is 2.43. The first-order valence-electron chi connectivity index (χ1n) is 4.18. The van der Waals surface area contributed by atoms with Gasteiger partial charge in [-0.15, -0.1) is 0 Å². The highest BCUT2D eigenvalue weighted by Crippen LogP contribution is 2.04. The number of nitrogens with zero attached hydrogens (tertiary/aromatic N) is 1. The van der Waals surface area contributed by atoms with Gasteiger partial charge in [0.15, 0.2) is 0 Å². The molecular weight excluding hydrogens is 182 g/mol. The van der Waals surface area contributed by atoms with E-state index in [-0.39, 0.29) is 5.95 Å². The highest BCUT2D eigenvalue weighted by Gasteiger charge is 2.08. The van der Waals surface area contributed by atoms with Crippen LogP contribution in [-0.4, -0.2) is 17.6 Å². The number of hydrogen-bond donors (Lipinski definition) is 0. The predicted molar refractivity (Wildman–Crippen MR) is 50.4 cm³/mol. The van der Waals surface area contributed by atoms with Crippen LogP contribution in [0.5, 0.6) is 0 Å². The summed E-state index contributed by atoms with van der Waals surface area (Å²) in [6.07, 6.45) is 3.03. The molecule has 1 heterocycles.